The third-order valence-corrected chi connectivity index (χ3v) is 3.76. The molecule has 6 heteroatoms. The van der Waals surface area contributed by atoms with E-state index in [-0.39, 0.29) is 0 Å². The molecule has 112 valence electrons. The predicted octanol–water partition coefficient (Wildman–Crippen LogP) is 3.47. The Bertz CT molecular complexity index is 734. The van der Waals surface area contributed by atoms with Gasteiger partial charge in [-0.15, -0.1) is 0 Å². The Balaban J connectivity index is 1.57. The van der Waals surface area contributed by atoms with Crippen molar-refractivity contribution in [3.8, 4) is 11.4 Å². The normalized spacial score (nSPS) is 10.6. The highest BCUT2D eigenvalue weighted by Crippen LogP contribution is 2.17. The molecule has 0 unspecified atom stereocenters. The SMILES string of the molecule is Nc1ccc(-c2n[nH]c(CCNc3ccc(Br)cc3)n2)cc1. The summed E-state index contributed by atoms with van der Waals surface area (Å²) in [5, 5.41) is 10.6. The number of aromatic nitrogens is 3. The lowest BCUT2D eigenvalue weighted by atomic mass is 10.2. The number of hydrogen-bond donors (Lipinski definition) is 3. The molecule has 0 aliphatic carbocycles. The molecule has 3 rings (SSSR count). The highest BCUT2D eigenvalue weighted by molar-refractivity contribution is 9.10. The van der Waals surface area contributed by atoms with Crippen LogP contribution in [0.5, 0.6) is 0 Å². The average molecular weight is 358 g/mol. The van der Waals surface area contributed by atoms with Gasteiger partial charge in [0.15, 0.2) is 5.82 Å². The van der Waals surface area contributed by atoms with Gasteiger partial charge >= 0.3 is 0 Å². The number of hydrogen-bond acceptors (Lipinski definition) is 4. The van der Waals surface area contributed by atoms with E-state index in [1.165, 1.54) is 0 Å². The molecule has 1 aromatic heterocycles. The molecule has 0 amide bonds. The standard InChI is InChI=1S/C16H16BrN5/c17-12-3-7-14(8-4-12)19-10-9-15-20-16(22-21-15)11-1-5-13(18)6-2-11/h1-8,19H,9-10,18H2,(H,20,21,22). The maximum atomic E-state index is 5.68. The van der Waals surface area contributed by atoms with Crippen molar-refractivity contribution in [2.45, 2.75) is 6.42 Å². The first-order chi connectivity index (χ1) is 10.7. The smallest absolute Gasteiger partial charge is 0.181 e. The molecule has 0 radical (unpaired) electrons. The number of benzene rings is 2. The van der Waals surface area contributed by atoms with E-state index in [0.717, 1.165) is 40.2 Å². The molecule has 0 saturated heterocycles. The zero-order valence-electron chi connectivity index (χ0n) is 11.9. The monoisotopic (exact) mass is 357 g/mol. The first kappa shape index (κ1) is 14.6. The number of aromatic amines is 1. The third-order valence-electron chi connectivity index (χ3n) is 3.24. The average Bonchev–Trinajstić information content (AvgIpc) is 2.99. The van der Waals surface area contributed by atoms with E-state index >= 15 is 0 Å². The molecule has 0 atom stereocenters. The lowest BCUT2D eigenvalue weighted by molar-refractivity contribution is 0.901. The molecule has 5 nitrogen and oxygen atoms in total. The van der Waals surface area contributed by atoms with Crippen LogP contribution in [0.4, 0.5) is 11.4 Å². The van der Waals surface area contributed by atoms with Gasteiger partial charge in [-0.1, -0.05) is 15.9 Å². The fraction of sp³-hybridized carbons (Fsp3) is 0.125. The van der Waals surface area contributed by atoms with Crippen molar-refractivity contribution in [2.24, 2.45) is 0 Å². The van der Waals surface area contributed by atoms with Gasteiger partial charge in [-0.3, -0.25) is 5.10 Å². The molecular formula is C16H16BrN5. The molecule has 4 N–H and O–H groups in total. The second kappa shape index (κ2) is 6.62. The van der Waals surface area contributed by atoms with Crippen molar-refractivity contribution >= 4 is 27.3 Å². The Labute approximate surface area is 137 Å². The van der Waals surface area contributed by atoms with Crippen LogP contribution in [-0.4, -0.2) is 21.7 Å². The highest BCUT2D eigenvalue weighted by Gasteiger charge is 2.05. The summed E-state index contributed by atoms with van der Waals surface area (Å²) in [6, 6.07) is 15.6. The molecule has 22 heavy (non-hydrogen) atoms. The molecule has 0 aliphatic heterocycles. The van der Waals surface area contributed by atoms with Crippen molar-refractivity contribution < 1.29 is 0 Å². The van der Waals surface area contributed by atoms with Crippen molar-refractivity contribution in [1.29, 1.82) is 0 Å². The van der Waals surface area contributed by atoms with Crippen molar-refractivity contribution in [3.05, 3.63) is 58.8 Å². The van der Waals surface area contributed by atoms with E-state index < -0.39 is 0 Å². The molecule has 0 spiro atoms. The first-order valence-electron chi connectivity index (χ1n) is 6.97. The summed E-state index contributed by atoms with van der Waals surface area (Å²) in [7, 11) is 0. The van der Waals surface area contributed by atoms with E-state index in [1.807, 2.05) is 48.5 Å². The van der Waals surface area contributed by atoms with Crippen LogP contribution in [0.25, 0.3) is 11.4 Å². The van der Waals surface area contributed by atoms with Crippen molar-refractivity contribution in [1.82, 2.24) is 15.2 Å². The minimum absolute atomic E-state index is 0.693. The number of halogens is 1. The van der Waals surface area contributed by atoms with E-state index in [0.29, 0.717) is 5.82 Å². The molecule has 1 heterocycles. The summed E-state index contributed by atoms with van der Waals surface area (Å²) in [5.41, 5.74) is 8.46. The van der Waals surface area contributed by atoms with Crippen LogP contribution in [0.15, 0.2) is 53.0 Å². The summed E-state index contributed by atoms with van der Waals surface area (Å²) in [4.78, 5) is 4.50. The molecule has 3 aromatic rings. The van der Waals surface area contributed by atoms with Gasteiger partial charge in [-0.2, -0.15) is 5.10 Å². The molecule has 2 aromatic carbocycles. The molecule has 0 fully saturated rings. The Morgan fingerprint density at radius 1 is 1.05 bits per heavy atom. The van der Waals surface area contributed by atoms with E-state index in [4.69, 9.17) is 5.73 Å². The van der Waals surface area contributed by atoms with Gasteiger partial charge in [-0.25, -0.2) is 4.98 Å². The summed E-state index contributed by atoms with van der Waals surface area (Å²) in [5.74, 6) is 1.55. The van der Waals surface area contributed by atoms with Gasteiger partial charge in [0, 0.05) is 34.4 Å². The van der Waals surface area contributed by atoms with Crippen LogP contribution >= 0.6 is 15.9 Å². The minimum atomic E-state index is 0.693. The van der Waals surface area contributed by atoms with Crippen LogP contribution in [0.1, 0.15) is 5.82 Å². The summed E-state index contributed by atoms with van der Waals surface area (Å²) in [6.07, 6.45) is 0.776. The zero-order chi connectivity index (χ0) is 15.4. The lowest BCUT2D eigenvalue weighted by Gasteiger charge is -2.04. The van der Waals surface area contributed by atoms with Gasteiger partial charge in [-0.05, 0) is 48.5 Å². The van der Waals surface area contributed by atoms with Crippen LogP contribution in [0, 0.1) is 0 Å². The fourth-order valence-corrected chi connectivity index (χ4v) is 2.33. The second-order valence-electron chi connectivity index (χ2n) is 4.91. The first-order valence-corrected chi connectivity index (χ1v) is 7.76. The van der Waals surface area contributed by atoms with Gasteiger partial charge in [0.25, 0.3) is 0 Å². The summed E-state index contributed by atoms with van der Waals surface area (Å²) < 4.78 is 1.07. The number of rotatable bonds is 5. The number of nitrogens with two attached hydrogens (primary N) is 1. The van der Waals surface area contributed by atoms with Crippen LogP contribution in [-0.2, 0) is 6.42 Å². The fourth-order valence-electron chi connectivity index (χ4n) is 2.06. The van der Waals surface area contributed by atoms with Gasteiger partial charge in [0.05, 0.1) is 0 Å². The van der Waals surface area contributed by atoms with Gasteiger partial charge < -0.3 is 11.1 Å². The molecule has 0 aliphatic rings. The second-order valence-corrected chi connectivity index (χ2v) is 5.83. The Hall–Kier alpha value is -2.34. The van der Waals surface area contributed by atoms with E-state index in [2.05, 4.69) is 36.4 Å². The number of H-pyrrole nitrogens is 1. The van der Waals surface area contributed by atoms with E-state index in [9.17, 15) is 0 Å². The molecular weight excluding hydrogens is 342 g/mol. The van der Waals surface area contributed by atoms with Crippen molar-refractivity contribution in [2.75, 3.05) is 17.6 Å². The predicted molar refractivity (Wildman–Crippen MR) is 92.6 cm³/mol. The van der Waals surface area contributed by atoms with Crippen LogP contribution in [0.2, 0.25) is 0 Å². The van der Waals surface area contributed by atoms with Gasteiger partial charge in [0.1, 0.15) is 5.82 Å². The maximum absolute atomic E-state index is 5.68. The number of nitrogen functional groups attached to an aromatic ring is 1. The number of nitrogens with zero attached hydrogens (tertiary/aromatic N) is 2. The highest BCUT2D eigenvalue weighted by atomic mass is 79.9. The van der Waals surface area contributed by atoms with Crippen LogP contribution < -0.4 is 11.1 Å². The molecule has 0 saturated carbocycles. The lowest BCUT2D eigenvalue weighted by Crippen LogP contribution is -2.05. The largest absolute Gasteiger partial charge is 0.399 e. The Morgan fingerprint density at radius 2 is 1.77 bits per heavy atom. The molecule has 0 bridgehead atoms. The maximum Gasteiger partial charge on any atom is 0.181 e. The number of anilines is 2. The van der Waals surface area contributed by atoms with Crippen LogP contribution in [0.3, 0.4) is 0 Å². The summed E-state index contributed by atoms with van der Waals surface area (Å²) in [6.45, 7) is 0.790. The summed E-state index contributed by atoms with van der Waals surface area (Å²) >= 11 is 3.42. The van der Waals surface area contributed by atoms with Gasteiger partial charge in [0.2, 0.25) is 0 Å². The van der Waals surface area contributed by atoms with E-state index in [1.54, 1.807) is 0 Å². The minimum Gasteiger partial charge on any atom is -0.399 e. The quantitative estimate of drug-likeness (QED) is 0.610. The Morgan fingerprint density at radius 3 is 2.50 bits per heavy atom. The zero-order valence-corrected chi connectivity index (χ0v) is 13.5. The Kier molecular flexibility index (Phi) is 4.39. The number of nitrogens with one attached hydrogen (secondary N) is 2. The topological polar surface area (TPSA) is 79.6 Å². The van der Waals surface area contributed by atoms with Crippen molar-refractivity contribution in [3.63, 3.8) is 0 Å². The third kappa shape index (κ3) is 3.65.